The summed E-state index contributed by atoms with van der Waals surface area (Å²) >= 11 is 0. The van der Waals surface area contributed by atoms with Crippen LogP contribution in [0.25, 0.3) is 0 Å². The van der Waals surface area contributed by atoms with Crippen LogP contribution in [0, 0.1) is 34.6 Å². The van der Waals surface area contributed by atoms with Crippen LogP contribution in [-0.4, -0.2) is 65.2 Å². The molecule has 1 aliphatic rings. The number of piperazine rings is 1. The van der Waals surface area contributed by atoms with Gasteiger partial charge in [0.1, 0.15) is 0 Å². The van der Waals surface area contributed by atoms with Crippen molar-refractivity contribution in [1.29, 1.82) is 0 Å². The molecule has 1 aliphatic heterocycles. The predicted molar refractivity (Wildman–Crippen MR) is 127 cm³/mol. The fraction of sp³-hybridized carbons (Fsp3) is 0.435. The number of amides is 1. The van der Waals surface area contributed by atoms with Crippen LogP contribution < -0.4 is 4.72 Å². The number of carbonyl (C=O) groups is 1. The molecule has 1 fully saturated rings. The molecule has 1 amide bonds. The number of nitrogens with one attached hydrogen (secondary N) is 1. The zero-order valence-electron chi connectivity index (χ0n) is 19.9. The van der Waals surface area contributed by atoms with E-state index in [0.29, 0.717) is 27.1 Å². The van der Waals surface area contributed by atoms with Crippen molar-refractivity contribution in [3.63, 3.8) is 0 Å². The van der Waals surface area contributed by atoms with Crippen molar-refractivity contribution in [2.24, 2.45) is 0 Å². The van der Waals surface area contributed by atoms with Crippen molar-refractivity contribution in [1.82, 2.24) is 13.9 Å². The highest BCUT2D eigenvalue weighted by Gasteiger charge is 2.33. The summed E-state index contributed by atoms with van der Waals surface area (Å²) in [5.41, 5.74) is 3.97. The molecule has 180 valence electrons. The molecule has 0 atom stereocenters. The van der Waals surface area contributed by atoms with Crippen molar-refractivity contribution >= 4 is 26.0 Å². The first kappa shape index (κ1) is 25.4. The summed E-state index contributed by atoms with van der Waals surface area (Å²) in [6.45, 7) is 9.78. The van der Waals surface area contributed by atoms with E-state index in [9.17, 15) is 21.6 Å². The molecule has 0 bridgehead atoms. The lowest BCUT2D eigenvalue weighted by Gasteiger charge is -2.34. The summed E-state index contributed by atoms with van der Waals surface area (Å²) in [5.74, 6) is -0.314. The van der Waals surface area contributed by atoms with Gasteiger partial charge in [-0.2, -0.15) is 4.31 Å². The second-order valence-corrected chi connectivity index (χ2v) is 12.3. The van der Waals surface area contributed by atoms with Crippen LogP contribution in [0.5, 0.6) is 0 Å². The number of hydrogen-bond acceptors (Lipinski definition) is 5. The molecule has 1 saturated heterocycles. The van der Waals surface area contributed by atoms with Crippen molar-refractivity contribution in [2.45, 2.75) is 44.4 Å². The van der Waals surface area contributed by atoms with Crippen molar-refractivity contribution < 1.29 is 21.6 Å². The minimum atomic E-state index is -3.72. The number of hydrogen-bond donors (Lipinski definition) is 1. The van der Waals surface area contributed by atoms with Gasteiger partial charge in [-0.3, -0.25) is 4.79 Å². The van der Waals surface area contributed by atoms with E-state index in [1.165, 1.54) is 17.4 Å². The van der Waals surface area contributed by atoms with Crippen molar-refractivity contribution in [3.05, 3.63) is 57.6 Å². The third-order valence-electron chi connectivity index (χ3n) is 6.15. The minimum absolute atomic E-state index is 0.0693. The molecule has 0 aliphatic carbocycles. The maximum absolute atomic E-state index is 13.3. The highest BCUT2D eigenvalue weighted by atomic mass is 32.2. The number of benzene rings is 2. The Morgan fingerprint density at radius 1 is 0.818 bits per heavy atom. The Kier molecular flexibility index (Phi) is 7.05. The van der Waals surface area contributed by atoms with Gasteiger partial charge in [0.05, 0.1) is 9.79 Å². The summed E-state index contributed by atoms with van der Waals surface area (Å²) in [6, 6.07) is 6.78. The van der Waals surface area contributed by atoms with Crippen LogP contribution in [0.3, 0.4) is 0 Å². The Bertz CT molecular complexity index is 1290. The number of sulfonamides is 2. The van der Waals surface area contributed by atoms with Crippen LogP contribution in [0.15, 0.2) is 34.1 Å². The third kappa shape index (κ3) is 4.84. The second-order valence-electron chi connectivity index (χ2n) is 8.55. The number of carbonyl (C=O) groups excluding carboxylic acids is 1. The molecule has 1 heterocycles. The standard InChI is InChI=1S/C23H31N3O5S2/c1-15-11-17(3)22(18(4)12-15)33(30,31)26-9-7-25(8-10-26)23(27)20-13-16(2)19(5)21(14-20)32(28,29)24-6/h11-14,24H,7-10H2,1-6H3. The highest BCUT2D eigenvalue weighted by Crippen LogP contribution is 2.27. The lowest BCUT2D eigenvalue weighted by molar-refractivity contribution is 0.0697. The van der Waals surface area contributed by atoms with Gasteiger partial charge < -0.3 is 4.90 Å². The van der Waals surface area contributed by atoms with Crippen molar-refractivity contribution in [2.75, 3.05) is 33.2 Å². The molecule has 3 rings (SSSR count). The van der Waals surface area contributed by atoms with Gasteiger partial charge >= 0.3 is 0 Å². The Morgan fingerprint density at radius 3 is 1.88 bits per heavy atom. The second kappa shape index (κ2) is 9.17. The molecule has 8 nitrogen and oxygen atoms in total. The first-order valence-corrected chi connectivity index (χ1v) is 13.6. The molecule has 2 aromatic carbocycles. The lowest BCUT2D eigenvalue weighted by Crippen LogP contribution is -2.50. The van der Waals surface area contributed by atoms with E-state index in [4.69, 9.17) is 0 Å². The van der Waals surface area contributed by atoms with E-state index < -0.39 is 20.0 Å². The van der Waals surface area contributed by atoms with E-state index in [1.807, 2.05) is 19.1 Å². The first-order valence-electron chi connectivity index (χ1n) is 10.7. The largest absolute Gasteiger partial charge is 0.336 e. The minimum Gasteiger partial charge on any atom is -0.336 e. The summed E-state index contributed by atoms with van der Waals surface area (Å²) in [5, 5.41) is 0. The van der Waals surface area contributed by atoms with Gasteiger partial charge in [0.15, 0.2) is 0 Å². The topological polar surface area (TPSA) is 104 Å². The maximum atomic E-state index is 13.3. The fourth-order valence-corrected chi connectivity index (χ4v) is 7.26. The quantitative estimate of drug-likeness (QED) is 0.688. The summed E-state index contributed by atoms with van der Waals surface area (Å²) < 4.78 is 55.1. The zero-order chi connectivity index (χ0) is 24.7. The molecular formula is C23H31N3O5S2. The van der Waals surface area contributed by atoms with E-state index in [-0.39, 0.29) is 42.5 Å². The van der Waals surface area contributed by atoms with Crippen molar-refractivity contribution in [3.8, 4) is 0 Å². The van der Waals surface area contributed by atoms with Crippen LogP contribution in [0.2, 0.25) is 0 Å². The SMILES string of the molecule is CNS(=O)(=O)c1cc(C(=O)N2CCN(S(=O)(=O)c3c(C)cc(C)cc3C)CC2)cc(C)c1C. The van der Waals surface area contributed by atoms with Gasteiger partial charge in [-0.1, -0.05) is 17.7 Å². The number of nitrogens with zero attached hydrogens (tertiary/aromatic N) is 2. The predicted octanol–water partition coefficient (Wildman–Crippen LogP) is 2.28. The number of rotatable bonds is 5. The van der Waals surface area contributed by atoms with Gasteiger partial charge in [0, 0.05) is 31.7 Å². The Balaban J connectivity index is 1.83. The van der Waals surface area contributed by atoms with Gasteiger partial charge in [0.25, 0.3) is 5.91 Å². The summed E-state index contributed by atoms with van der Waals surface area (Å²) in [4.78, 5) is 15.1. The number of aryl methyl sites for hydroxylation is 4. The van der Waals surface area contributed by atoms with Gasteiger partial charge in [-0.15, -0.1) is 0 Å². The fourth-order valence-electron chi connectivity index (χ4n) is 4.36. The zero-order valence-corrected chi connectivity index (χ0v) is 21.5. The Morgan fingerprint density at radius 2 is 1.36 bits per heavy atom. The van der Waals surface area contributed by atoms with Crippen LogP contribution in [0.4, 0.5) is 0 Å². The van der Waals surface area contributed by atoms with Crippen LogP contribution >= 0.6 is 0 Å². The molecule has 0 spiro atoms. The van der Waals surface area contributed by atoms with Crippen LogP contribution in [-0.2, 0) is 20.0 Å². The van der Waals surface area contributed by atoms with Gasteiger partial charge in [0.2, 0.25) is 20.0 Å². The Hall–Kier alpha value is -2.27. The molecule has 1 N–H and O–H groups in total. The molecule has 2 aromatic rings. The monoisotopic (exact) mass is 493 g/mol. The molecule has 0 radical (unpaired) electrons. The first-order chi connectivity index (χ1) is 15.3. The molecule has 10 heteroatoms. The molecule has 0 aromatic heterocycles. The highest BCUT2D eigenvalue weighted by molar-refractivity contribution is 7.89. The average molecular weight is 494 g/mol. The Labute approximate surface area is 196 Å². The van der Waals surface area contributed by atoms with E-state index >= 15 is 0 Å². The van der Waals surface area contributed by atoms with E-state index in [1.54, 1.807) is 38.7 Å². The van der Waals surface area contributed by atoms with Gasteiger partial charge in [-0.25, -0.2) is 21.6 Å². The smallest absolute Gasteiger partial charge is 0.253 e. The normalized spacial score (nSPS) is 15.6. The molecular weight excluding hydrogens is 462 g/mol. The summed E-state index contributed by atoms with van der Waals surface area (Å²) in [6.07, 6.45) is 0. The molecule has 0 saturated carbocycles. The van der Waals surface area contributed by atoms with Crippen LogP contribution in [0.1, 0.15) is 38.2 Å². The molecule has 33 heavy (non-hydrogen) atoms. The van der Waals surface area contributed by atoms with E-state index in [0.717, 1.165) is 5.56 Å². The lowest BCUT2D eigenvalue weighted by atomic mass is 10.1. The molecule has 0 unspecified atom stereocenters. The average Bonchev–Trinajstić information content (AvgIpc) is 2.74. The maximum Gasteiger partial charge on any atom is 0.253 e. The summed E-state index contributed by atoms with van der Waals surface area (Å²) in [7, 11) is -6.08. The third-order valence-corrected chi connectivity index (χ3v) is 9.90. The van der Waals surface area contributed by atoms with E-state index in [2.05, 4.69) is 4.72 Å². The van der Waals surface area contributed by atoms with Gasteiger partial charge in [-0.05, 0) is 76.1 Å².